The van der Waals surface area contributed by atoms with Crippen LogP contribution < -0.4 is 5.73 Å². The largest absolute Gasteiger partial charge is 0.325 e. The van der Waals surface area contributed by atoms with Crippen molar-refractivity contribution in [2.45, 2.75) is 18.5 Å². The minimum absolute atomic E-state index is 0.477. The Hall–Kier alpha value is 0.270. The van der Waals surface area contributed by atoms with Gasteiger partial charge in [-0.25, -0.2) is 0 Å². The molecule has 0 aromatic heterocycles. The third-order valence-corrected chi connectivity index (χ3v) is 3.50. The molecule has 0 unspecified atom stereocenters. The lowest BCUT2D eigenvalue weighted by atomic mass is 10.1. The average molecular weight is 158 g/mol. The minimum Gasteiger partial charge on any atom is -0.325 e. The first-order valence-corrected chi connectivity index (χ1v) is 5.09. The summed E-state index contributed by atoms with van der Waals surface area (Å²) in [5.74, 6) is 2.70. The molecule has 2 fully saturated rings. The summed E-state index contributed by atoms with van der Waals surface area (Å²) in [6.07, 6.45) is 1.39. The van der Waals surface area contributed by atoms with Crippen LogP contribution in [-0.4, -0.2) is 41.6 Å². The summed E-state index contributed by atoms with van der Waals surface area (Å²) in [5.41, 5.74) is 5.69. The first-order valence-electron chi connectivity index (χ1n) is 3.93. The highest BCUT2D eigenvalue weighted by Gasteiger charge is 2.31. The van der Waals surface area contributed by atoms with E-state index in [2.05, 4.69) is 16.7 Å². The number of likely N-dealkylation sites (tertiary alicyclic amines) is 1. The van der Waals surface area contributed by atoms with Crippen molar-refractivity contribution in [1.29, 1.82) is 0 Å². The van der Waals surface area contributed by atoms with Gasteiger partial charge in [-0.3, -0.25) is 4.90 Å². The highest BCUT2D eigenvalue weighted by molar-refractivity contribution is 7.99. The zero-order valence-corrected chi connectivity index (χ0v) is 6.94. The zero-order valence-electron chi connectivity index (χ0n) is 6.12. The Morgan fingerprint density at radius 1 is 1.40 bits per heavy atom. The summed E-state index contributed by atoms with van der Waals surface area (Å²) >= 11 is 2.08. The first kappa shape index (κ1) is 6.95. The molecular formula is C7H14N2S. The van der Waals surface area contributed by atoms with Crippen LogP contribution in [0.3, 0.4) is 0 Å². The molecule has 0 radical (unpaired) electrons. The number of rotatable bonds is 1. The normalized spacial score (nSPS) is 36.3. The third kappa shape index (κ3) is 1.18. The Morgan fingerprint density at radius 2 is 2.20 bits per heavy atom. The number of hydrogen-bond acceptors (Lipinski definition) is 3. The Labute approximate surface area is 66.1 Å². The molecule has 0 amide bonds. The van der Waals surface area contributed by atoms with Gasteiger partial charge in [0.15, 0.2) is 0 Å². The molecule has 2 saturated heterocycles. The van der Waals surface area contributed by atoms with E-state index < -0.39 is 0 Å². The molecule has 0 saturated carbocycles. The molecular weight excluding hydrogens is 144 g/mol. The summed E-state index contributed by atoms with van der Waals surface area (Å²) in [4.78, 5) is 2.52. The van der Waals surface area contributed by atoms with Gasteiger partial charge in [0.2, 0.25) is 0 Å². The summed E-state index contributed by atoms with van der Waals surface area (Å²) in [7, 11) is 0. The van der Waals surface area contributed by atoms with Crippen LogP contribution >= 0.6 is 11.8 Å². The molecule has 2 aliphatic heterocycles. The molecule has 0 aliphatic carbocycles. The Kier molecular flexibility index (Phi) is 1.89. The van der Waals surface area contributed by atoms with Crippen molar-refractivity contribution < 1.29 is 0 Å². The molecule has 2 N–H and O–H groups in total. The van der Waals surface area contributed by atoms with Crippen molar-refractivity contribution in [1.82, 2.24) is 4.90 Å². The van der Waals surface area contributed by atoms with Crippen molar-refractivity contribution in [3.8, 4) is 0 Å². The van der Waals surface area contributed by atoms with Crippen molar-refractivity contribution in [2.75, 3.05) is 24.6 Å². The van der Waals surface area contributed by atoms with E-state index in [-0.39, 0.29) is 0 Å². The first-order chi connectivity index (χ1) is 4.86. The van der Waals surface area contributed by atoms with Crippen LogP contribution in [0.1, 0.15) is 6.42 Å². The molecule has 0 spiro atoms. The van der Waals surface area contributed by atoms with Crippen LogP contribution in [0, 0.1) is 0 Å². The van der Waals surface area contributed by atoms with Gasteiger partial charge < -0.3 is 5.73 Å². The van der Waals surface area contributed by atoms with Crippen LogP contribution in [0.4, 0.5) is 0 Å². The summed E-state index contributed by atoms with van der Waals surface area (Å²) in [5, 5.41) is 0. The maximum atomic E-state index is 5.69. The van der Waals surface area contributed by atoms with Crippen LogP contribution in [0.15, 0.2) is 0 Å². The van der Waals surface area contributed by atoms with Crippen molar-refractivity contribution in [3.05, 3.63) is 0 Å². The second kappa shape index (κ2) is 2.72. The van der Waals surface area contributed by atoms with Gasteiger partial charge in [-0.05, 0) is 12.2 Å². The molecule has 2 rings (SSSR count). The number of thioether (sulfide) groups is 1. The van der Waals surface area contributed by atoms with E-state index in [0.29, 0.717) is 6.04 Å². The summed E-state index contributed by atoms with van der Waals surface area (Å²) in [6, 6.07) is 1.34. The molecule has 2 aliphatic rings. The van der Waals surface area contributed by atoms with Crippen LogP contribution in [0.5, 0.6) is 0 Å². The fourth-order valence-electron chi connectivity index (χ4n) is 1.66. The lowest BCUT2D eigenvalue weighted by molar-refractivity contribution is 0.107. The van der Waals surface area contributed by atoms with Crippen LogP contribution in [0.25, 0.3) is 0 Å². The van der Waals surface area contributed by atoms with E-state index in [0.717, 1.165) is 19.1 Å². The van der Waals surface area contributed by atoms with Gasteiger partial charge in [0.25, 0.3) is 0 Å². The number of hydrogen-bond donors (Lipinski definition) is 1. The van der Waals surface area contributed by atoms with Gasteiger partial charge in [-0.1, -0.05) is 0 Å². The quantitative estimate of drug-likeness (QED) is 0.588. The molecule has 58 valence electrons. The van der Waals surface area contributed by atoms with E-state index in [4.69, 9.17) is 5.73 Å². The minimum atomic E-state index is 0.477. The van der Waals surface area contributed by atoms with Gasteiger partial charge >= 0.3 is 0 Å². The highest BCUT2D eigenvalue weighted by Crippen LogP contribution is 2.25. The van der Waals surface area contributed by atoms with Gasteiger partial charge in [0.1, 0.15) is 0 Å². The fraction of sp³-hybridized carbons (Fsp3) is 1.00. The zero-order chi connectivity index (χ0) is 6.97. The molecule has 10 heavy (non-hydrogen) atoms. The van der Waals surface area contributed by atoms with E-state index >= 15 is 0 Å². The lowest BCUT2D eigenvalue weighted by Crippen LogP contribution is -2.59. The maximum Gasteiger partial charge on any atom is 0.0297 e. The molecule has 0 aromatic rings. The molecule has 0 bridgehead atoms. The molecule has 2 nitrogen and oxygen atoms in total. The van der Waals surface area contributed by atoms with E-state index in [1.54, 1.807) is 0 Å². The predicted octanol–water partition coefficient (Wildman–Crippen LogP) is 0.135. The average Bonchev–Trinajstić information content (AvgIpc) is 2.31. The maximum absolute atomic E-state index is 5.69. The van der Waals surface area contributed by atoms with Crippen LogP contribution in [0.2, 0.25) is 0 Å². The monoisotopic (exact) mass is 158 g/mol. The molecule has 0 aromatic carbocycles. The van der Waals surface area contributed by atoms with Gasteiger partial charge in [-0.15, -0.1) is 0 Å². The molecule has 1 atom stereocenters. The molecule has 3 heteroatoms. The predicted molar refractivity (Wildman–Crippen MR) is 45.3 cm³/mol. The van der Waals surface area contributed by atoms with Gasteiger partial charge in [0.05, 0.1) is 0 Å². The molecule has 2 heterocycles. The fourth-order valence-corrected chi connectivity index (χ4v) is 2.91. The highest BCUT2D eigenvalue weighted by atomic mass is 32.2. The van der Waals surface area contributed by atoms with Crippen molar-refractivity contribution >= 4 is 11.8 Å². The summed E-state index contributed by atoms with van der Waals surface area (Å²) in [6.45, 7) is 2.29. The smallest absolute Gasteiger partial charge is 0.0297 e. The number of nitrogens with two attached hydrogens (primary N) is 1. The van der Waals surface area contributed by atoms with Crippen LogP contribution in [-0.2, 0) is 0 Å². The van der Waals surface area contributed by atoms with Gasteiger partial charge in [-0.2, -0.15) is 11.8 Å². The second-order valence-electron chi connectivity index (χ2n) is 3.23. The standard InChI is InChI=1S/C7H14N2S/c8-6-3-9(4-6)7-1-2-10-5-7/h6-7H,1-5,8H2/t7-/m1/s1. The van der Waals surface area contributed by atoms with E-state index in [1.807, 2.05) is 0 Å². The number of nitrogens with zero attached hydrogens (tertiary/aromatic N) is 1. The Morgan fingerprint density at radius 3 is 2.70 bits per heavy atom. The Balaban J connectivity index is 1.78. The van der Waals surface area contributed by atoms with Gasteiger partial charge in [0, 0.05) is 30.9 Å². The van der Waals surface area contributed by atoms with Crippen molar-refractivity contribution in [3.63, 3.8) is 0 Å². The summed E-state index contributed by atoms with van der Waals surface area (Å²) < 4.78 is 0. The van der Waals surface area contributed by atoms with Crippen molar-refractivity contribution in [2.24, 2.45) is 5.73 Å². The SMILES string of the molecule is NC1CN([C@@H]2CCSC2)C1. The van der Waals surface area contributed by atoms with E-state index in [1.165, 1.54) is 17.9 Å². The third-order valence-electron chi connectivity index (χ3n) is 2.36. The topological polar surface area (TPSA) is 29.3 Å². The Bertz CT molecular complexity index is 117. The lowest BCUT2D eigenvalue weighted by Gasteiger charge is -2.40. The van der Waals surface area contributed by atoms with E-state index in [9.17, 15) is 0 Å². The second-order valence-corrected chi connectivity index (χ2v) is 4.38.